The van der Waals surface area contributed by atoms with Gasteiger partial charge in [-0.2, -0.15) is 4.40 Å². The lowest BCUT2D eigenvalue weighted by Crippen LogP contribution is -2.33. The van der Waals surface area contributed by atoms with Crippen molar-refractivity contribution in [2.45, 2.75) is 19.4 Å². The largest absolute Gasteiger partial charge is 0.493 e. The summed E-state index contributed by atoms with van der Waals surface area (Å²) in [5.74, 6) is 1.39. The zero-order chi connectivity index (χ0) is 15.1. The van der Waals surface area contributed by atoms with Crippen LogP contribution in [-0.2, 0) is 10.0 Å². The molecule has 110 valence electrons. The number of benzene rings is 1. The van der Waals surface area contributed by atoms with Crippen LogP contribution in [0.25, 0.3) is 0 Å². The lowest BCUT2D eigenvalue weighted by atomic mass is 9.98. The van der Waals surface area contributed by atoms with E-state index in [0.29, 0.717) is 28.5 Å². The third kappa shape index (κ3) is 2.45. The lowest BCUT2D eigenvalue weighted by Gasteiger charge is -2.19. The van der Waals surface area contributed by atoms with Crippen LogP contribution in [0.5, 0.6) is 17.2 Å². The van der Waals surface area contributed by atoms with Crippen molar-refractivity contribution in [3.8, 4) is 17.2 Å². The van der Waals surface area contributed by atoms with E-state index in [0.717, 1.165) is 6.26 Å². The Hall–Kier alpha value is -1.76. The van der Waals surface area contributed by atoms with Crippen LogP contribution in [0.3, 0.4) is 0 Å². The highest BCUT2D eigenvalue weighted by atomic mass is 32.2. The smallest absolute Gasteiger partial charge is 0.250 e. The Morgan fingerprint density at radius 1 is 1.20 bits per heavy atom. The quantitative estimate of drug-likeness (QED) is 0.848. The van der Waals surface area contributed by atoms with Crippen molar-refractivity contribution in [2.24, 2.45) is 4.40 Å². The molecule has 2 rings (SSSR count). The fourth-order valence-corrected chi connectivity index (χ4v) is 2.79. The first-order chi connectivity index (χ1) is 9.19. The van der Waals surface area contributed by atoms with Crippen LogP contribution in [0, 0.1) is 0 Å². The SMILES string of the molecule is COc1ccc2c(c1OC)OC(C)(C)C2=NS(C)(=O)=O. The van der Waals surface area contributed by atoms with E-state index in [9.17, 15) is 8.42 Å². The topological polar surface area (TPSA) is 74.2 Å². The summed E-state index contributed by atoms with van der Waals surface area (Å²) in [5.41, 5.74) is 0.0967. The van der Waals surface area contributed by atoms with Crippen molar-refractivity contribution in [1.29, 1.82) is 0 Å². The first-order valence-corrected chi connectivity index (χ1v) is 7.79. The average Bonchev–Trinajstić information content (AvgIpc) is 2.57. The molecule has 1 aliphatic rings. The van der Waals surface area contributed by atoms with Gasteiger partial charge in [-0.25, -0.2) is 8.42 Å². The molecule has 0 radical (unpaired) electrons. The summed E-state index contributed by atoms with van der Waals surface area (Å²) in [4.78, 5) is 0. The van der Waals surface area contributed by atoms with Crippen LogP contribution in [0.15, 0.2) is 16.5 Å². The van der Waals surface area contributed by atoms with Gasteiger partial charge in [0.05, 0.1) is 20.5 Å². The van der Waals surface area contributed by atoms with Gasteiger partial charge in [-0.05, 0) is 26.0 Å². The van der Waals surface area contributed by atoms with Crippen LogP contribution in [0.4, 0.5) is 0 Å². The second kappa shape index (κ2) is 4.66. The van der Waals surface area contributed by atoms with Gasteiger partial charge in [0.1, 0.15) is 11.3 Å². The van der Waals surface area contributed by atoms with Gasteiger partial charge in [0, 0.05) is 5.56 Å². The maximum Gasteiger partial charge on any atom is 0.250 e. The summed E-state index contributed by atoms with van der Waals surface area (Å²) >= 11 is 0. The van der Waals surface area contributed by atoms with Gasteiger partial charge in [-0.3, -0.25) is 0 Å². The third-order valence-corrected chi connectivity index (χ3v) is 3.45. The molecule has 0 aromatic heterocycles. The average molecular weight is 299 g/mol. The molecule has 0 saturated heterocycles. The number of methoxy groups -OCH3 is 2. The van der Waals surface area contributed by atoms with Gasteiger partial charge < -0.3 is 14.2 Å². The van der Waals surface area contributed by atoms with Crippen molar-refractivity contribution >= 4 is 15.7 Å². The van der Waals surface area contributed by atoms with Gasteiger partial charge in [0.2, 0.25) is 5.75 Å². The molecule has 1 aromatic rings. The van der Waals surface area contributed by atoms with Crippen molar-refractivity contribution in [2.75, 3.05) is 20.5 Å². The summed E-state index contributed by atoms with van der Waals surface area (Å²) in [6.45, 7) is 3.51. The van der Waals surface area contributed by atoms with Crippen LogP contribution in [-0.4, -0.2) is 40.2 Å². The van der Waals surface area contributed by atoms with E-state index >= 15 is 0 Å². The van der Waals surface area contributed by atoms with Crippen LogP contribution in [0.2, 0.25) is 0 Å². The third-order valence-electron chi connectivity index (χ3n) is 2.94. The lowest BCUT2D eigenvalue weighted by molar-refractivity contribution is 0.188. The summed E-state index contributed by atoms with van der Waals surface area (Å²) in [7, 11) is -0.497. The van der Waals surface area contributed by atoms with Crippen molar-refractivity contribution in [3.05, 3.63) is 17.7 Å². The molecule has 1 aromatic carbocycles. The van der Waals surface area contributed by atoms with Crippen LogP contribution in [0.1, 0.15) is 19.4 Å². The number of rotatable bonds is 3. The molecular formula is C13H17NO5S. The Morgan fingerprint density at radius 3 is 2.35 bits per heavy atom. The molecule has 0 atom stereocenters. The first kappa shape index (κ1) is 14.6. The molecule has 6 nitrogen and oxygen atoms in total. The second-order valence-corrected chi connectivity index (χ2v) is 6.61. The predicted octanol–water partition coefficient (Wildman–Crippen LogP) is 1.62. The highest BCUT2D eigenvalue weighted by molar-refractivity contribution is 7.89. The molecule has 0 aliphatic carbocycles. The number of ether oxygens (including phenoxy) is 3. The Labute approximate surface area is 118 Å². The summed E-state index contributed by atoms with van der Waals surface area (Å²) in [6.07, 6.45) is 1.05. The molecule has 7 heteroatoms. The van der Waals surface area contributed by atoms with Crippen LogP contribution < -0.4 is 14.2 Å². The van der Waals surface area contributed by atoms with Gasteiger partial charge in [0.15, 0.2) is 11.5 Å². The van der Waals surface area contributed by atoms with E-state index in [-0.39, 0.29) is 0 Å². The monoisotopic (exact) mass is 299 g/mol. The Kier molecular flexibility index (Phi) is 3.41. The minimum Gasteiger partial charge on any atom is -0.493 e. The minimum atomic E-state index is -3.52. The molecule has 0 N–H and O–H groups in total. The first-order valence-electron chi connectivity index (χ1n) is 5.94. The van der Waals surface area contributed by atoms with Crippen molar-refractivity contribution < 1.29 is 22.6 Å². The molecule has 0 amide bonds. The van der Waals surface area contributed by atoms with E-state index < -0.39 is 15.6 Å². The molecule has 0 spiro atoms. The van der Waals surface area contributed by atoms with Crippen molar-refractivity contribution in [1.82, 2.24) is 0 Å². The van der Waals surface area contributed by atoms with Crippen molar-refractivity contribution in [3.63, 3.8) is 0 Å². The highest BCUT2D eigenvalue weighted by Crippen LogP contribution is 2.47. The predicted molar refractivity (Wildman–Crippen MR) is 75.6 cm³/mol. The Morgan fingerprint density at radius 2 is 1.85 bits per heavy atom. The Bertz CT molecular complexity index is 676. The number of fused-ring (bicyclic) bond motifs is 1. The van der Waals surface area contributed by atoms with E-state index in [1.807, 2.05) is 0 Å². The zero-order valence-electron chi connectivity index (χ0n) is 12.1. The second-order valence-electron chi connectivity index (χ2n) is 4.96. The number of sulfonamides is 1. The molecule has 0 bridgehead atoms. The summed E-state index contributed by atoms with van der Waals surface area (Å²) in [5, 5.41) is 0. The zero-order valence-corrected chi connectivity index (χ0v) is 12.9. The van der Waals surface area contributed by atoms with E-state index in [1.54, 1.807) is 26.0 Å². The summed E-state index contributed by atoms with van der Waals surface area (Å²) < 4.78 is 43.0. The number of hydrogen-bond acceptors (Lipinski definition) is 5. The van der Waals surface area contributed by atoms with Gasteiger partial charge in [-0.1, -0.05) is 0 Å². The highest BCUT2D eigenvalue weighted by Gasteiger charge is 2.41. The molecule has 1 heterocycles. The maximum absolute atomic E-state index is 11.5. The van der Waals surface area contributed by atoms with Crippen LogP contribution >= 0.6 is 0 Å². The molecule has 20 heavy (non-hydrogen) atoms. The van der Waals surface area contributed by atoms with E-state index in [2.05, 4.69) is 4.40 Å². The van der Waals surface area contributed by atoms with Gasteiger partial charge in [-0.15, -0.1) is 0 Å². The normalized spacial score (nSPS) is 18.6. The Balaban J connectivity index is 2.72. The summed E-state index contributed by atoms with van der Waals surface area (Å²) in [6, 6.07) is 3.41. The minimum absolute atomic E-state index is 0.357. The molecule has 0 fully saturated rings. The molecule has 0 unspecified atom stereocenters. The molecular weight excluding hydrogens is 282 g/mol. The number of hydrogen-bond donors (Lipinski definition) is 0. The van der Waals surface area contributed by atoms with E-state index in [1.165, 1.54) is 14.2 Å². The van der Waals surface area contributed by atoms with Gasteiger partial charge >= 0.3 is 0 Å². The fraction of sp³-hybridized carbons (Fsp3) is 0.462. The fourth-order valence-electron chi connectivity index (χ4n) is 2.14. The molecule has 1 aliphatic heterocycles. The maximum atomic E-state index is 11.5. The molecule has 0 saturated carbocycles. The van der Waals surface area contributed by atoms with Gasteiger partial charge in [0.25, 0.3) is 10.0 Å². The standard InChI is InChI=1S/C13H17NO5S/c1-13(2)12(14-20(5,15)16)8-6-7-9(17-3)11(18-4)10(8)19-13/h6-7H,1-5H3. The van der Waals surface area contributed by atoms with E-state index in [4.69, 9.17) is 14.2 Å². The number of nitrogens with zero attached hydrogens (tertiary/aromatic N) is 1.